The molecule has 1 fully saturated rings. The van der Waals surface area contributed by atoms with Crippen molar-refractivity contribution < 1.29 is 33.4 Å². The Labute approximate surface area is 174 Å². The first-order valence-electron chi connectivity index (χ1n) is 9.58. The molecule has 2 atom stereocenters. The number of carbonyl (C=O) groups is 4. The van der Waals surface area contributed by atoms with Crippen LogP contribution < -0.4 is 25.0 Å². The number of rotatable bonds is 8. The molecular weight excluding hydrogens is 394 g/mol. The number of carbonyl (C=O) groups excluding carboxylic acids is 4. The highest BCUT2D eigenvalue weighted by molar-refractivity contribution is 6.01. The van der Waals surface area contributed by atoms with E-state index in [9.17, 15) is 19.2 Å². The fraction of sp³-hybridized carbons (Fsp3) is 0.500. The lowest BCUT2D eigenvalue weighted by atomic mass is 10.1. The molecule has 0 unspecified atom stereocenters. The van der Waals surface area contributed by atoms with E-state index in [1.807, 2.05) is 6.92 Å². The van der Waals surface area contributed by atoms with Crippen molar-refractivity contribution in [1.29, 1.82) is 0 Å². The van der Waals surface area contributed by atoms with Crippen LogP contribution in [-0.4, -0.2) is 57.2 Å². The van der Waals surface area contributed by atoms with Gasteiger partial charge in [-0.15, -0.1) is 0 Å². The predicted octanol–water partition coefficient (Wildman–Crippen LogP) is 1.22. The maximum atomic E-state index is 12.4. The Morgan fingerprint density at radius 1 is 1.23 bits per heavy atom. The summed E-state index contributed by atoms with van der Waals surface area (Å²) < 4.78 is 15.4. The van der Waals surface area contributed by atoms with Crippen LogP contribution >= 0.6 is 0 Å². The number of anilines is 1. The van der Waals surface area contributed by atoms with Gasteiger partial charge in [0.05, 0.1) is 25.8 Å². The van der Waals surface area contributed by atoms with Crippen LogP contribution in [0.4, 0.5) is 10.5 Å². The van der Waals surface area contributed by atoms with Crippen LogP contribution in [0, 0.1) is 5.92 Å². The van der Waals surface area contributed by atoms with E-state index in [-0.39, 0.29) is 24.9 Å². The zero-order valence-corrected chi connectivity index (χ0v) is 17.5. The molecule has 1 aromatic rings. The van der Waals surface area contributed by atoms with Crippen LogP contribution in [0.1, 0.15) is 26.7 Å². The Kier molecular flexibility index (Phi) is 8.02. The Morgan fingerprint density at radius 3 is 2.60 bits per heavy atom. The zero-order valence-electron chi connectivity index (χ0n) is 17.5. The second kappa shape index (κ2) is 10.5. The van der Waals surface area contributed by atoms with Crippen LogP contribution in [0.2, 0.25) is 0 Å². The molecule has 1 aliphatic rings. The number of nitrogens with zero attached hydrogens (tertiary/aromatic N) is 1. The van der Waals surface area contributed by atoms with Gasteiger partial charge in [-0.05, 0) is 25.5 Å². The summed E-state index contributed by atoms with van der Waals surface area (Å²) in [5, 5.41) is 4.66. The molecule has 4 amide bonds. The fourth-order valence-corrected chi connectivity index (χ4v) is 2.89. The normalized spacial score (nSPS) is 16.6. The number of hydrogen-bond donors (Lipinski definition) is 2. The van der Waals surface area contributed by atoms with Gasteiger partial charge in [-0.2, -0.15) is 0 Å². The summed E-state index contributed by atoms with van der Waals surface area (Å²) in [6.07, 6.45) is 0.659. The molecule has 164 valence electrons. The molecular formula is C20H27N3O7. The molecule has 2 N–H and O–H groups in total. The molecule has 10 heteroatoms. The van der Waals surface area contributed by atoms with Crippen molar-refractivity contribution in [2.24, 2.45) is 5.92 Å². The SMILES string of the molecule is CC[C@@H](C)NC(=O)NC(=O)COC(=O)[C@H]1CC(=O)N(c2ccc(OC)cc2OC)C1. The van der Waals surface area contributed by atoms with Crippen molar-refractivity contribution in [2.45, 2.75) is 32.7 Å². The summed E-state index contributed by atoms with van der Waals surface area (Å²) >= 11 is 0. The average molecular weight is 421 g/mol. The predicted molar refractivity (Wildman–Crippen MR) is 107 cm³/mol. The maximum Gasteiger partial charge on any atom is 0.321 e. The maximum absolute atomic E-state index is 12.4. The largest absolute Gasteiger partial charge is 0.497 e. The van der Waals surface area contributed by atoms with Gasteiger partial charge in [0.2, 0.25) is 5.91 Å². The van der Waals surface area contributed by atoms with Gasteiger partial charge in [-0.3, -0.25) is 19.7 Å². The first-order valence-corrected chi connectivity index (χ1v) is 9.58. The van der Waals surface area contributed by atoms with Gasteiger partial charge in [0.15, 0.2) is 6.61 Å². The Morgan fingerprint density at radius 2 is 1.97 bits per heavy atom. The summed E-state index contributed by atoms with van der Waals surface area (Å²) in [5.41, 5.74) is 0.512. The topological polar surface area (TPSA) is 123 Å². The lowest BCUT2D eigenvalue weighted by Crippen LogP contribution is -2.44. The molecule has 1 aromatic carbocycles. The number of amides is 4. The molecule has 0 aliphatic carbocycles. The van der Waals surface area contributed by atoms with Gasteiger partial charge in [0, 0.05) is 25.1 Å². The van der Waals surface area contributed by atoms with Gasteiger partial charge >= 0.3 is 12.0 Å². The minimum atomic E-state index is -0.748. The van der Waals surface area contributed by atoms with Crippen LogP contribution in [-0.2, 0) is 19.1 Å². The molecule has 0 saturated carbocycles. The second-order valence-electron chi connectivity index (χ2n) is 6.88. The van der Waals surface area contributed by atoms with Crippen molar-refractivity contribution in [3.8, 4) is 11.5 Å². The quantitative estimate of drug-likeness (QED) is 0.605. The van der Waals surface area contributed by atoms with Crippen molar-refractivity contribution in [1.82, 2.24) is 10.6 Å². The van der Waals surface area contributed by atoms with Crippen LogP contribution in [0.3, 0.4) is 0 Å². The molecule has 0 spiro atoms. The summed E-state index contributed by atoms with van der Waals surface area (Å²) in [4.78, 5) is 49.6. The van der Waals surface area contributed by atoms with Crippen molar-refractivity contribution in [2.75, 3.05) is 32.3 Å². The number of benzene rings is 1. The van der Waals surface area contributed by atoms with E-state index in [1.54, 1.807) is 25.1 Å². The van der Waals surface area contributed by atoms with Gasteiger partial charge in [-0.25, -0.2) is 4.79 Å². The summed E-state index contributed by atoms with van der Waals surface area (Å²) in [6.45, 7) is 3.17. The van der Waals surface area contributed by atoms with Crippen LogP contribution in [0.25, 0.3) is 0 Å². The summed E-state index contributed by atoms with van der Waals surface area (Å²) in [6, 6.07) is 4.26. The fourth-order valence-electron chi connectivity index (χ4n) is 2.89. The standard InChI is InChI=1S/C20H27N3O7/c1-5-12(2)21-20(27)22-17(24)11-30-19(26)13-8-18(25)23(10-13)15-7-6-14(28-3)9-16(15)29-4/h6-7,9,12-13H,5,8,10-11H2,1-4H3,(H2,21,22,24,27)/t12-,13+/m1/s1. The smallest absolute Gasteiger partial charge is 0.321 e. The van der Waals surface area contributed by atoms with Crippen LogP contribution in [0.5, 0.6) is 11.5 Å². The third-order valence-corrected chi connectivity index (χ3v) is 4.72. The lowest BCUT2D eigenvalue weighted by Gasteiger charge is -2.20. The third kappa shape index (κ3) is 5.85. The molecule has 1 aliphatic heterocycles. The number of imide groups is 1. The Hall–Kier alpha value is -3.30. The molecule has 0 aromatic heterocycles. The van der Waals surface area contributed by atoms with Gasteiger partial charge < -0.3 is 24.4 Å². The van der Waals surface area contributed by atoms with Gasteiger partial charge in [-0.1, -0.05) is 6.92 Å². The molecule has 0 bridgehead atoms. The van der Waals surface area contributed by atoms with E-state index in [4.69, 9.17) is 14.2 Å². The Balaban J connectivity index is 1.91. The van der Waals surface area contributed by atoms with E-state index in [2.05, 4.69) is 10.6 Å². The number of ether oxygens (including phenoxy) is 3. The molecule has 10 nitrogen and oxygen atoms in total. The van der Waals surface area contributed by atoms with E-state index in [1.165, 1.54) is 19.1 Å². The molecule has 30 heavy (non-hydrogen) atoms. The van der Waals surface area contributed by atoms with Crippen molar-refractivity contribution >= 4 is 29.5 Å². The number of esters is 1. The van der Waals surface area contributed by atoms with E-state index in [0.717, 1.165) is 0 Å². The number of nitrogens with one attached hydrogen (secondary N) is 2. The van der Waals surface area contributed by atoms with E-state index >= 15 is 0 Å². The van der Waals surface area contributed by atoms with Crippen molar-refractivity contribution in [3.63, 3.8) is 0 Å². The lowest BCUT2D eigenvalue weighted by molar-refractivity contribution is -0.152. The summed E-state index contributed by atoms with van der Waals surface area (Å²) in [7, 11) is 2.99. The monoisotopic (exact) mass is 421 g/mol. The highest BCUT2D eigenvalue weighted by atomic mass is 16.5. The number of methoxy groups -OCH3 is 2. The summed E-state index contributed by atoms with van der Waals surface area (Å²) in [5.74, 6) is -1.42. The van der Waals surface area contributed by atoms with E-state index in [0.29, 0.717) is 23.6 Å². The van der Waals surface area contributed by atoms with Crippen molar-refractivity contribution in [3.05, 3.63) is 18.2 Å². The third-order valence-electron chi connectivity index (χ3n) is 4.72. The molecule has 2 rings (SSSR count). The number of urea groups is 1. The molecule has 1 saturated heterocycles. The highest BCUT2D eigenvalue weighted by Crippen LogP contribution is 2.35. The minimum Gasteiger partial charge on any atom is -0.497 e. The molecule has 0 radical (unpaired) electrons. The zero-order chi connectivity index (χ0) is 22.3. The first kappa shape index (κ1) is 23.0. The van der Waals surface area contributed by atoms with Gasteiger partial charge in [0.25, 0.3) is 5.91 Å². The Bertz CT molecular complexity index is 812. The first-order chi connectivity index (χ1) is 14.3. The average Bonchev–Trinajstić information content (AvgIpc) is 3.12. The van der Waals surface area contributed by atoms with E-state index < -0.39 is 30.4 Å². The van der Waals surface area contributed by atoms with Gasteiger partial charge in [0.1, 0.15) is 11.5 Å². The highest BCUT2D eigenvalue weighted by Gasteiger charge is 2.37. The van der Waals surface area contributed by atoms with Crippen LogP contribution in [0.15, 0.2) is 18.2 Å². The minimum absolute atomic E-state index is 0.0515. The second-order valence-corrected chi connectivity index (χ2v) is 6.88. The molecule has 1 heterocycles. The number of hydrogen-bond acceptors (Lipinski definition) is 7.